The predicted octanol–water partition coefficient (Wildman–Crippen LogP) is 24.3. The van der Waals surface area contributed by atoms with Crippen LogP contribution in [0.2, 0.25) is 0 Å². The van der Waals surface area contributed by atoms with Gasteiger partial charge in [-0.2, -0.15) is 0 Å². The van der Waals surface area contributed by atoms with Crippen molar-refractivity contribution in [3.8, 4) is 0 Å². The Bertz CT molecular complexity index is 1220. The SMILES string of the molecule is CCCCCCCCCCCCCCCCCCCCCC(O)C(CO)NC(=O)CCCCCCCCCCCCCC/C=C\CCCCCCCCCCCCCCOC(=O)CCCCCCCCCCCCCCCCCCC. The molecule has 6 nitrogen and oxygen atoms in total. The Morgan fingerprint density at radius 1 is 0.333 bits per heavy atom. The van der Waals surface area contributed by atoms with Gasteiger partial charge in [0, 0.05) is 12.8 Å². The number of unbranched alkanes of at least 4 members (excludes halogenated alkanes) is 58. The predicted molar refractivity (Wildman–Crippen MR) is 357 cm³/mol. The van der Waals surface area contributed by atoms with Gasteiger partial charge in [0.2, 0.25) is 5.91 Å². The van der Waals surface area contributed by atoms with Gasteiger partial charge < -0.3 is 20.3 Å². The summed E-state index contributed by atoms with van der Waals surface area (Å²) in [7, 11) is 0. The van der Waals surface area contributed by atoms with Gasteiger partial charge in [0.15, 0.2) is 0 Å². The topological polar surface area (TPSA) is 95.9 Å². The van der Waals surface area contributed by atoms with E-state index < -0.39 is 12.1 Å². The van der Waals surface area contributed by atoms with E-state index in [1.54, 1.807) is 0 Å². The van der Waals surface area contributed by atoms with E-state index in [4.69, 9.17) is 4.74 Å². The molecule has 0 aromatic heterocycles. The average Bonchev–Trinajstić information content (AvgIpc) is 3.47. The van der Waals surface area contributed by atoms with Crippen molar-refractivity contribution in [2.45, 2.75) is 443 Å². The zero-order valence-corrected chi connectivity index (χ0v) is 55.3. The first-order valence-corrected chi connectivity index (χ1v) is 37.4. The first kappa shape index (κ1) is 79.6. The second-order valence-corrected chi connectivity index (χ2v) is 26.0. The molecular formula is C75H147NO5. The van der Waals surface area contributed by atoms with Crippen LogP contribution in [0.25, 0.3) is 0 Å². The van der Waals surface area contributed by atoms with Crippen molar-refractivity contribution in [3.05, 3.63) is 12.2 Å². The van der Waals surface area contributed by atoms with Gasteiger partial charge in [-0.1, -0.05) is 379 Å². The third kappa shape index (κ3) is 67.6. The van der Waals surface area contributed by atoms with Crippen LogP contribution in [-0.2, 0) is 14.3 Å². The number of aliphatic hydroxyl groups is 2. The summed E-state index contributed by atoms with van der Waals surface area (Å²) < 4.78 is 5.51. The van der Waals surface area contributed by atoms with Crippen LogP contribution in [0.1, 0.15) is 431 Å². The van der Waals surface area contributed by atoms with Crippen LogP contribution < -0.4 is 5.32 Å². The van der Waals surface area contributed by atoms with Gasteiger partial charge in [-0.3, -0.25) is 9.59 Å². The molecule has 482 valence electrons. The molecule has 0 aliphatic rings. The second-order valence-electron chi connectivity index (χ2n) is 26.0. The number of rotatable bonds is 71. The molecule has 0 rings (SSSR count). The first-order chi connectivity index (χ1) is 40.0. The summed E-state index contributed by atoms with van der Waals surface area (Å²) in [6.07, 6.45) is 88.5. The lowest BCUT2D eigenvalue weighted by molar-refractivity contribution is -0.143. The summed E-state index contributed by atoms with van der Waals surface area (Å²) in [6, 6.07) is -0.542. The first-order valence-electron chi connectivity index (χ1n) is 37.4. The van der Waals surface area contributed by atoms with Gasteiger partial charge >= 0.3 is 5.97 Å². The molecule has 3 N–H and O–H groups in total. The Balaban J connectivity index is 3.36. The van der Waals surface area contributed by atoms with Crippen molar-refractivity contribution in [2.24, 2.45) is 0 Å². The Morgan fingerprint density at radius 2 is 0.580 bits per heavy atom. The number of carbonyl (C=O) groups excluding carboxylic acids is 2. The van der Waals surface area contributed by atoms with Crippen molar-refractivity contribution in [1.29, 1.82) is 0 Å². The van der Waals surface area contributed by atoms with E-state index in [1.165, 1.54) is 360 Å². The Hall–Kier alpha value is -1.40. The number of hydrogen-bond acceptors (Lipinski definition) is 5. The summed E-state index contributed by atoms with van der Waals surface area (Å²) >= 11 is 0. The fourth-order valence-corrected chi connectivity index (χ4v) is 12.1. The number of ether oxygens (including phenoxy) is 1. The van der Waals surface area contributed by atoms with E-state index in [0.29, 0.717) is 25.9 Å². The van der Waals surface area contributed by atoms with Crippen LogP contribution >= 0.6 is 0 Å². The minimum absolute atomic E-state index is 0.0210. The molecule has 0 saturated heterocycles. The molecule has 2 atom stereocenters. The summed E-state index contributed by atoms with van der Waals surface area (Å²) in [4.78, 5) is 24.6. The molecule has 0 saturated carbocycles. The monoisotopic (exact) mass is 1140 g/mol. The standard InChI is InChI=1S/C75H147NO5/c1-3-5-7-9-11-13-15-17-19-21-32-36-39-43-47-51-55-59-63-67-73(78)72(71-77)76-74(79)68-64-60-56-52-48-44-40-37-33-30-28-26-24-22-23-25-27-29-31-34-38-42-46-50-54-58-62-66-70-81-75(80)69-65-61-57-53-49-45-41-35-20-18-16-14-12-10-8-6-4-2/h22-23,72-73,77-78H,3-21,24-71H2,1-2H3,(H,76,79)/b23-22-. The van der Waals surface area contributed by atoms with E-state index in [0.717, 1.165) is 38.5 Å². The quantitative estimate of drug-likeness (QED) is 0.0320. The smallest absolute Gasteiger partial charge is 0.305 e. The minimum atomic E-state index is -0.664. The lowest BCUT2D eigenvalue weighted by Crippen LogP contribution is -2.45. The Labute approximate surface area is 508 Å². The van der Waals surface area contributed by atoms with Crippen LogP contribution in [0.15, 0.2) is 12.2 Å². The molecule has 0 bridgehead atoms. The van der Waals surface area contributed by atoms with Crippen molar-refractivity contribution in [2.75, 3.05) is 13.2 Å². The lowest BCUT2D eigenvalue weighted by Gasteiger charge is -2.22. The number of amides is 1. The van der Waals surface area contributed by atoms with Gasteiger partial charge in [0.25, 0.3) is 0 Å². The third-order valence-electron chi connectivity index (χ3n) is 17.8. The van der Waals surface area contributed by atoms with Crippen molar-refractivity contribution in [3.63, 3.8) is 0 Å². The molecule has 0 radical (unpaired) electrons. The van der Waals surface area contributed by atoms with Gasteiger partial charge in [-0.25, -0.2) is 0 Å². The highest BCUT2D eigenvalue weighted by atomic mass is 16.5. The Morgan fingerprint density at radius 3 is 0.877 bits per heavy atom. The fraction of sp³-hybridized carbons (Fsp3) is 0.947. The van der Waals surface area contributed by atoms with Crippen LogP contribution in [0.4, 0.5) is 0 Å². The third-order valence-corrected chi connectivity index (χ3v) is 17.8. The molecule has 2 unspecified atom stereocenters. The molecule has 0 aromatic rings. The van der Waals surface area contributed by atoms with Gasteiger partial charge in [-0.05, 0) is 51.4 Å². The maximum absolute atomic E-state index is 12.5. The van der Waals surface area contributed by atoms with Crippen molar-refractivity contribution >= 4 is 11.9 Å². The van der Waals surface area contributed by atoms with E-state index in [1.807, 2.05) is 0 Å². The Kier molecular flexibility index (Phi) is 69.9. The highest BCUT2D eigenvalue weighted by Crippen LogP contribution is 2.20. The van der Waals surface area contributed by atoms with Crippen LogP contribution in [0.3, 0.4) is 0 Å². The molecular weight excluding hydrogens is 995 g/mol. The number of hydrogen-bond donors (Lipinski definition) is 3. The normalized spacial score (nSPS) is 12.5. The van der Waals surface area contributed by atoms with Gasteiger partial charge in [0.1, 0.15) is 0 Å². The molecule has 6 heteroatoms. The molecule has 0 heterocycles. The van der Waals surface area contributed by atoms with E-state index in [9.17, 15) is 19.8 Å². The average molecular weight is 1140 g/mol. The minimum Gasteiger partial charge on any atom is -0.466 e. The van der Waals surface area contributed by atoms with Crippen LogP contribution in [-0.4, -0.2) is 47.4 Å². The molecule has 0 aromatic carbocycles. The van der Waals surface area contributed by atoms with Crippen molar-refractivity contribution in [1.82, 2.24) is 5.32 Å². The zero-order valence-electron chi connectivity index (χ0n) is 55.3. The summed E-state index contributed by atoms with van der Waals surface area (Å²) in [5.41, 5.74) is 0. The zero-order chi connectivity index (χ0) is 58.5. The fourth-order valence-electron chi connectivity index (χ4n) is 12.1. The summed E-state index contributed by atoms with van der Waals surface area (Å²) in [5, 5.41) is 23.4. The van der Waals surface area contributed by atoms with Crippen molar-refractivity contribution < 1.29 is 24.5 Å². The van der Waals surface area contributed by atoms with Gasteiger partial charge in [-0.15, -0.1) is 0 Å². The summed E-state index contributed by atoms with van der Waals surface area (Å²) in [6.45, 7) is 5.01. The van der Waals surface area contributed by atoms with Gasteiger partial charge in [0.05, 0.1) is 25.4 Å². The second kappa shape index (κ2) is 71.1. The van der Waals surface area contributed by atoms with E-state index >= 15 is 0 Å². The number of aliphatic hydroxyl groups excluding tert-OH is 2. The number of nitrogens with one attached hydrogen (secondary N) is 1. The maximum Gasteiger partial charge on any atom is 0.305 e. The number of allylic oxidation sites excluding steroid dienone is 2. The number of carbonyl (C=O) groups is 2. The highest BCUT2D eigenvalue weighted by Gasteiger charge is 2.20. The molecule has 0 fully saturated rings. The van der Waals surface area contributed by atoms with Crippen LogP contribution in [0, 0.1) is 0 Å². The summed E-state index contributed by atoms with van der Waals surface area (Å²) in [5.74, 6) is -0.00906. The van der Waals surface area contributed by atoms with Crippen LogP contribution in [0.5, 0.6) is 0 Å². The molecule has 0 aliphatic carbocycles. The van der Waals surface area contributed by atoms with E-state index in [2.05, 4.69) is 31.3 Å². The van der Waals surface area contributed by atoms with E-state index in [-0.39, 0.29) is 18.5 Å². The highest BCUT2D eigenvalue weighted by molar-refractivity contribution is 5.76. The molecule has 81 heavy (non-hydrogen) atoms. The molecule has 1 amide bonds. The lowest BCUT2D eigenvalue weighted by atomic mass is 10.0. The number of esters is 1. The molecule has 0 spiro atoms. The largest absolute Gasteiger partial charge is 0.466 e. The molecule has 0 aliphatic heterocycles. The maximum atomic E-state index is 12.5.